The van der Waals surface area contributed by atoms with Crippen LogP contribution in [0.15, 0.2) is 23.1 Å². The second-order valence-electron chi connectivity index (χ2n) is 4.04. The molecular formula is C13H18FNO2S. The van der Waals surface area contributed by atoms with Crippen LogP contribution >= 0.6 is 12.6 Å². The van der Waals surface area contributed by atoms with Crippen molar-refractivity contribution in [3.05, 3.63) is 29.6 Å². The van der Waals surface area contributed by atoms with E-state index in [0.29, 0.717) is 12.1 Å². The van der Waals surface area contributed by atoms with Gasteiger partial charge in [-0.1, -0.05) is 13.3 Å². The number of halogens is 1. The summed E-state index contributed by atoms with van der Waals surface area (Å²) in [7, 11) is 0. The van der Waals surface area contributed by atoms with Crippen LogP contribution in [0.3, 0.4) is 0 Å². The molecule has 18 heavy (non-hydrogen) atoms. The van der Waals surface area contributed by atoms with Crippen LogP contribution in [0.2, 0.25) is 0 Å². The number of carbonyl (C=O) groups is 1. The number of carbonyl (C=O) groups excluding carboxylic acids is 1. The molecule has 0 aliphatic carbocycles. The highest BCUT2D eigenvalue weighted by atomic mass is 32.1. The van der Waals surface area contributed by atoms with E-state index >= 15 is 0 Å². The van der Waals surface area contributed by atoms with Crippen molar-refractivity contribution in [2.45, 2.75) is 24.7 Å². The van der Waals surface area contributed by atoms with Crippen LogP contribution in [-0.4, -0.2) is 35.6 Å². The van der Waals surface area contributed by atoms with Crippen LogP contribution in [0.25, 0.3) is 0 Å². The molecule has 1 amide bonds. The maximum Gasteiger partial charge on any atom is 0.253 e. The number of nitrogens with zero attached hydrogens (tertiary/aromatic N) is 1. The Kier molecular flexibility index (Phi) is 6.15. The molecule has 1 N–H and O–H groups in total. The highest BCUT2D eigenvalue weighted by Crippen LogP contribution is 2.16. The SMILES string of the molecule is CCCCN(CCO)C(=O)c1ccc(F)c(S)c1. The summed E-state index contributed by atoms with van der Waals surface area (Å²) >= 11 is 3.96. The zero-order valence-electron chi connectivity index (χ0n) is 10.4. The van der Waals surface area contributed by atoms with Gasteiger partial charge in [-0.3, -0.25) is 4.79 Å². The number of rotatable bonds is 6. The average molecular weight is 271 g/mol. The lowest BCUT2D eigenvalue weighted by Crippen LogP contribution is -2.34. The van der Waals surface area contributed by atoms with Gasteiger partial charge in [-0.05, 0) is 24.6 Å². The van der Waals surface area contributed by atoms with E-state index in [1.165, 1.54) is 18.2 Å². The Bertz CT molecular complexity index is 412. The van der Waals surface area contributed by atoms with Crippen LogP contribution in [0.4, 0.5) is 4.39 Å². The molecule has 0 aliphatic heterocycles. The third-order valence-corrected chi connectivity index (χ3v) is 2.97. The molecule has 0 heterocycles. The number of unbranched alkanes of at least 4 members (excludes halogenated alkanes) is 1. The van der Waals surface area contributed by atoms with Gasteiger partial charge in [0.05, 0.1) is 6.61 Å². The Morgan fingerprint density at radius 3 is 2.72 bits per heavy atom. The van der Waals surface area contributed by atoms with E-state index in [0.717, 1.165) is 12.8 Å². The van der Waals surface area contributed by atoms with Gasteiger partial charge >= 0.3 is 0 Å². The summed E-state index contributed by atoms with van der Waals surface area (Å²) in [5.41, 5.74) is 0.394. The second kappa shape index (κ2) is 7.38. The van der Waals surface area contributed by atoms with Crippen LogP contribution in [0.1, 0.15) is 30.1 Å². The van der Waals surface area contributed by atoms with Crippen molar-refractivity contribution < 1.29 is 14.3 Å². The number of hydrogen-bond donors (Lipinski definition) is 2. The van der Waals surface area contributed by atoms with E-state index in [-0.39, 0.29) is 24.0 Å². The molecular weight excluding hydrogens is 253 g/mol. The number of benzene rings is 1. The van der Waals surface area contributed by atoms with E-state index in [1.54, 1.807) is 4.90 Å². The molecule has 0 spiro atoms. The fraction of sp³-hybridized carbons (Fsp3) is 0.462. The Morgan fingerprint density at radius 2 is 2.17 bits per heavy atom. The lowest BCUT2D eigenvalue weighted by molar-refractivity contribution is 0.0719. The monoisotopic (exact) mass is 271 g/mol. The van der Waals surface area contributed by atoms with Gasteiger partial charge in [0.25, 0.3) is 5.91 Å². The smallest absolute Gasteiger partial charge is 0.253 e. The maximum atomic E-state index is 13.1. The van der Waals surface area contributed by atoms with E-state index in [9.17, 15) is 9.18 Å². The summed E-state index contributed by atoms with van der Waals surface area (Å²) in [6.45, 7) is 2.84. The van der Waals surface area contributed by atoms with Crippen LogP contribution in [-0.2, 0) is 0 Å². The predicted octanol–water partition coefficient (Wildman–Crippen LogP) is 2.35. The van der Waals surface area contributed by atoms with E-state index in [1.807, 2.05) is 6.92 Å². The van der Waals surface area contributed by atoms with E-state index < -0.39 is 5.82 Å². The standard InChI is InChI=1S/C13H18FNO2S/c1-2-3-6-15(7-8-16)13(17)10-4-5-11(14)12(18)9-10/h4-5,9,16,18H,2-3,6-8H2,1H3. The first-order chi connectivity index (χ1) is 8.60. The fourth-order valence-electron chi connectivity index (χ4n) is 1.61. The topological polar surface area (TPSA) is 40.5 Å². The Balaban J connectivity index is 2.83. The van der Waals surface area contributed by atoms with Crippen LogP contribution in [0, 0.1) is 5.82 Å². The van der Waals surface area contributed by atoms with Crippen LogP contribution < -0.4 is 0 Å². The first kappa shape index (κ1) is 15.0. The van der Waals surface area contributed by atoms with Crippen molar-refractivity contribution in [1.29, 1.82) is 0 Å². The summed E-state index contributed by atoms with van der Waals surface area (Å²) in [4.78, 5) is 13.9. The third-order valence-electron chi connectivity index (χ3n) is 2.63. The largest absolute Gasteiger partial charge is 0.395 e. The van der Waals surface area contributed by atoms with Crippen LogP contribution in [0.5, 0.6) is 0 Å². The minimum Gasteiger partial charge on any atom is -0.395 e. The van der Waals surface area contributed by atoms with Gasteiger partial charge in [0.1, 0.15) is 5.82 Å². The molecule has 1 rings (SSSR count). The summed E-state index contributed by atoms with van der Waals surface area (Å²) in [5, 5.41) is 8.96. The molecule has 0 aromatic heterocycles. The van der Waals surface area contributed by atoms with E-state index in [4.69, 9.17) is 5.11 Å². The van der Waals surface area contributed by atoms with Gasteiger partial charge < -0.3 is 10.0 Å². The number of amides is 1. The molecule has 1 aromatic rings. The lowest BCUT2D eigenvalue weighted by atomic mass is 10.2. The van der Waals surface area contributed by atoms with Crippen molar-refractivity contribution in [2.24, 2.45) is 0 Å². The minimum atomic E-state index is -0.447. The summed E-state index contributed by atoms with van der Waals surface area (Å²) in [6.07, 6.45) is 1.84. The molecule has 100 valence electrons. The molecule has 0 atom stereocenters. The first-order valence-electron chi connectivity index (χ1n) is 5.98. The molecule has 0 saturated carbocycles. The zero-order valence-corrected chi connectivity index (χ0v) is 11.3. The molecule has 5 heteroatoms. The van der Waals surface area contributed by atoms with Gasteiger partial charge in [-0.15, -0.1) is 12.6 Å². The van der Waals surface area contributed by atoms with Crippen molar-refractivity contribution in [3.8, 4) is 0 Å². The Morgan fingerprint density at radius 1 is 1.44 bits per heavy atom. The third kappa shape index (κ3) is 3.99. The molecule has 0 saturated heterocycles. The normalized spacial score (nSPS) is 10.4. The molecule has 1 aromatic carbocycles. The quantitative estimate of drug-likeness (QED) is 0.780. The zero-order chi connectivity index (χ0) is 13.5. The Hall–Kier alpha value is -1.07. The van der Waals surface area contributed by atoms with Gasteiger partial charge in [-0.2, -0.15) is 0 Å². The molecule has 0 aliphatic rings. The number of hydrogen-bond acceptors (Lipinski definition) is 3. The minimum absolute atomic E-state index is 0.0790. The van der Waals surface area contributed by atoms with Crippen molar-refractivity contribution in [2.75, 3.05) is 19.7 Å². The molecule has 0 radical (unpaired) electrons. The fourth-order valence-corrected chi connectivity index (χ4v) is 1.83. The predicted molar refractivity (Wildman–Crippen MR) is 71.5 cm³/mol. The second-order valence-corrected chi connectivity index (χ2v) is 4.52. The summed E-state index contributed by atoms with van der Waals surface area (Å²) in [6, 6.07) is 4.08. The van der Waals surface area contributed by atoms with Crippen molar-refractivity contribution in [1.82, 2.24) is 4.90 Å². The van der Waals surface area contributed by atoms with Gasteiger partial charge in [0, 0.05) is 23.5 Å². The van der Waals surface area contributed by atoms with Crippen molar-refractivity contribution in [3.63, 3.8) is 0 Å². The first-order valence-corrected chi connectivity index (χ1v) is 6.43. The average Bonchev–Trinajstić information content (AvgIpc) is 2.37. The van der Waals surface area contributed by atoms with Crippen molar-refractivity contribution >= 4 is 18.5 Å². The number of aliphatic hydroxyl groups excluding tert-OH is 1. The molecule has 3 nitrogen and oxygen atoms in total. The molecule has 0 fully saturated rings. The lowest BCUT2D eigenvalue weighted by Gasteiger charge is -2.21. The van der Waals surface area contributed by atoms with Gasteiger partial charge in [0.2, 0.25) is 0 Å². The Labute approximate surface area is 112 Å². The summed E-state index contributed by atoms with van der Waals surface area (Å²) < 4.78 is 13.1. The number of thiol groups is 1. The molecule has 0 unspecified atom stereocenters. The summed E-state index contributed by atoms with van der Waals surface area (Å²) in [5.74, 6) is -0.648. The van der Waals surface area contributed by atoms with Gasteiger partial charge in [0.15, 0.2) is 0 Å². The highest BCUT2D eigenvalue weighted by molar-refractivity contribution is 7.80. The molecule has 0 bridgehead atoms. The maximum absolute atomic E-state index is 13.1. The number of aliphatic hydroxyl groups is 1. The van der Waals surface area contributed by atoms with E-state index in [2.05, 4.69) is 12.6 Å². The van der Waals surface area contributed by atoms with Gasteiger partial charge in [-0.25, -0.2) is 4.39 Å². The highest BCUT2D eigenvalue weighted by Gasteiger charge is 2.15.